The third-order valence-corrected chi connectivity index (χ3v) is 4.89. The average Bonchev–Trinajstić information content (AvgIpc) is 3.11. The molecule has 1 heterocycles. The van der Waals surface area contributed by atoms with Crippen molar-refractivity contribution in [2.45, 2.75) is 48.7 Å². The third kappa shape index (κ3) is 2.92. The molecule has 0 saturated heterocycles. The first-order valence-corrected chi connectivity index (χ1v) is 7.76. The summed E-state index contributed by atoms with van der Waals surface area (Å²) in [5.74, 6) is -0.912. The van der Waals surface area contributed by atoms with Gasteiger partial charge in [0.2, 0.25) is 5.16 Å². The number of carbonyl (C=O) groups is 1. The summed E-state index contributed by atoms with van der Waals surface area (Å²) in [5.41, 5.74) is 1.22. The Bertz CT molecular complexity index is 665. The number of aromatic carboxylic acids is 1. The highest BCUT2D eigenvalue weighted by atomic mass is 32.2. The van der Waals surface area contributed by atoms with Crippen molar-refractivity contribution in [3.63, 3.8) is 0 Å². The van der Waals surface area contributed by atoms with Crippen LogP contribution in [0.4, 0.5) is 0 Å². The number of rotatable bonds is 4. The van der Waals surface area contributed by atoms with E-state index >= 15 is 0 Å². The van der Waals surface area contributed by atoms with E-state index in [4.69, 9.17) is 5.11 Å². The largest absolute Gasteiger partial charge is 0.478 e. The van der Waals surface area contributed by atoms with E-state index in [0.29, 0.717) is 11.6 Å². The van der Waals surface area contributed by atoms with E-state index in [2.05, 4.69) is 15.5 Å². The molecule has 0 amide bonds. The van der Waals surface area contributed by atoms with Gasteiger partial charge >= 0.3 is 5.97 Å². The maximum absolute atomic E-state index is 11.0. The number of aryl methyl sites for hydroxylation is 1. The van der Waals surface area contributed by atoms with Crippen LogP contribution in [0.5, 0.6) is 0 Å². The molecule has 0 radical (unpaired) electrons. The second-order valence-corrected chi connectivity index (χ2v) is 6.24. The topological polar surface area (TPSA) is 80.9 Å². The molecule has 0 aliphatic heterocycles. The van der Waals surface area contributed by atoms with E-state index in [9.17, 15) is 4.79 Å². The summed E-state index contributed by atoms with van der Waals surface area (Å²) in [7, 11) is 0. The molecule has 0 bridgehead atoms. The minimum Gasteiger partial charge on any atom is -0.478 e. The van der Waals surface area contributed by atoms with E-state index in [1.54, 1.807) is 12.1 Å². The van der Waals surface area contributed by atoms with Gasteiger partial charge in [-0.1, -0.05) is 12.8 Å². The fourth-order valence-electron chi connectivity index (χ4n) is 2.63. The molecule has 0 unspecified atom stereocenters. The van der Waals surface area contributed by atoms with Gasteiger partial charge < -0.3 is 5.11 Å². The first kappa shape index (κ1) is 14.1. The lowest BCUT2D eigenvalue weighted by Crippen LogP contribution is -2.08. The Morgan fingerprint density at radius 1 is 1.38 bits per heavy atom. The normalized spacial score (nSPS) is 15.5. The summed E-state index contributed by atoms with van der Waals surface area (Å²) in [5, 5.41) is 21.8. The molecule has 21 heavy (non-hydrogen) atoms. The summed E-state index contributed by atoms with van der Waals surface area (Å²) in [6.45, 7) is 1.90. The van der Waals surface area contributed by atoms with Crippen LogP contribution in [0.3, 0.4) is 0 Å². The van der Waals surface area contributed by atoms with Gasteiger partial charge in [0, 0.05) is 4.90 Å². The lowest BCUT2D eigenvalue weighted by atomic mass is 10.1. The maximum Gasteiger partial charge on any atom is 0.335 e. The SMILES string of the molecule is Cc1cc(C(=O)O)ccc1Sc1nnnn1C1CCCC1. The number of carboxylic acids is 1. The number of benzene rings is 1. The minimum absolute atomic E-state index is 0.298. The Labute approximate surface area is 126 Å². The molecule has 1 aliphatic carbocycles. The van der Waals surface area contributed by atoms with Gasteiger partial charge in [0.15, 0.2) is 0 Å². The summed E-state index contributed by atoms with van der Waals surface area (Å²) in [6, 6.07) is 5.49. The summed E-state index contributed by atoms with van der Waals surface area (Å²) < 4.78 is 1.90. The van der Waals surface area contributed by atoms with Gasteiger partial charge in [-0.15, -0.1) is 5.10 Å². The highest BCUT2D eigenvalue weighted by Crippen LogP contribution is 2.34. The molecule has 0 atom stereocenters. The van der Waals surface area contributed by atoms with Gasteiger partial charge in [0.25, 0.3) is 0 Å². The maximum atomic E-state index is 11.0. The van der Waals surface area contributed by atoms with Crippen LogP contribution in [0.15, 0.2) is 28.3 Å². The zero-order chi connectivity index (χ0) is 14.8. The molecule has 1 N–H and O–H groups in total. The number of hydrogen-bond donors (Lipinski definition) is 1. The van der Waals surface area contributed by atoms with Gasteiger partial charge in [0.1, 0.15) is 0 Å². The number of tetrazole rings is 1. The van der Waals surface area contributed by atoms with Gasteiger partial charge in [-0.25, -0.2) is 9.48 Å². The van der Waals surface area contributed by atoms with Crippen LogP contribution in [0.1, 0.15) is 47.6 Å². The number of nitrogens with zero attached hydrogens (tertiary/aromatic N) is 4. The second kappa shape index (κ2) is 5.85. The molecule has 110 valence electrons. The van der Waals surface area contributed by atoms with E-state index in [1.807, 2.05) is 17.7 Å². The average molecular weight is 304 g/mol. The van der Waals surface area contributed by atoms with Crippen molar-refractivity contribution >= 4 is 17.7 Å². The number of hydrogen-bond acceptors (Lipinski definition) is 5. The summed E-state index contributed by atoms with van der Waals surface area (Å²) >= 11 is 1.49. The smallest absolute Gasteiger partial charge is 0.335 e. The molecule has 2 aromatic rings. The molecule has 1 saturated carbocycles. The minimum atomic E-state index is -0.912. The molecule has 1 aliphatic rings. The summed E-state index contributed by atoms with van der Waals surface area (Å²) in [4.78, 5) is 11.9. The Hall–Kier alpha value is -1.89. The van der Waals surface area contributed by atoms with Crippen molar-refractivity contribution in [2.75, 3.05) is 0 Å². The number of carboxylic acid groups (broad SMARTS) is 1. The van der Waals surface area contributed by atoms with Crippen LogP contribution in [0.25, 0.3) is 0 Å². The van der Waals surface area contributed by atoms with Crippen LogP contribution in [-0.4, -0.2) is 31.3 Å². The van der Waals surface area contributed by atoms with Crippen LogP contribution in [-0.2, 0) is 0 Å². The van der Waals surface area contributed by atoms with E-state index < -0.39 is 5.97 Å². The molecule has 1 fully saturated rings. The van der Waals surface area contributed by atoms with Crippen LogP contribution >= 0.6 is 11.8 Å². The molecule has 3 rings (SSSR count). The van der Waals surface area contributed by atoms with E-state index in [0.717, 1.165) is 28.5 Å². The van der Waals surface area contributed by atoms with Crippen LogP contribution in [0, 0.1) is 6.92 Å². The molecule has 6 nitrogen and oxygen atoms in total. The lowest BCUT2D eigenvalue weighted by molar-refractivity contribution is 0.0696. The quantitative estimate of drug-likeness (QED) is 0.935. The second-order valence-electron chi connectivity index (χ2n) is 5.23. The summed E-state index contributed by atoms with van der Waals surface area (Å²) in [6.07, 6.45) is 4.69. The Kier molecular flexibility index (Phi) is 3.92. The molecule has 7 heteroatoms. The third-order valence-electron chi connectivity index (χ3n) is 3.76. The van der Waals surface area contributed by atoms with Crippen molar-refractivity contribution < 1.29 is 9.90 Å². The van der Waals surface area contributed by atoms with Gasteiger partial charge in [-0.2, -0.15) is 0 Å². The fourth-order valence-corrected chi connectivity index (χ4v) is 3.54. The molecule has 0 spiro atoms. The Morgan fingerprint density at radius 2 is 2.14 bits per heavy atom. The lowest BCUT2D eigenvalue weighted by Gasteiger charge is -2.11. The first-order valence-electron chi connectivity index (χ1n) is 6.95. The monoisotopic (exact) mass is 304 g/mol. The van der Waals surface area contributed by atoms with Crippen molar-refractivity contribution in [3.8, 4) is 0 Å². The molecule has 1 aromatic heterocycles. The standard InChI is InChI=1S/C14H16N4O2S/c1-9-8-10(13(19)20)6-7-12(9)21-14-15-16-17-18(14)11-4-2-3-5-11/h6-8,11H,2-5H2,1H3,(H,19,20). The predicted octanol–water partition coefficient (Wildman–Crippen LogP) is 2.95. The zero-order valence-electron chi connectivity index (χ0n) is 11.7. The molecule has 1 aromatic carbocycles. The van der Waals surface area contributed by atoms with Crippen molar-refractivity contribution in [2.24, 2.45) is 0 Å². The molecular weight excluding hydrogens is 288 g/mol. The van der Waals surface area contributed by atoms with Crippen LogP contribution < -0.4 is 0 Å². The Morgan fingerprint density at radius 3 is 2.81 bits per heavy atom. The fraction of sp³-hybridized carbons (Fsp3) is 0.429. The first-order chi connectivity index (χ1) is 10.1. The van der Waals surface area contributed by atoms with Crippen molar-refractivity contribution in [1.82, 2.24) is 20.2 Å². The Balaban J connectivity index is 1.84. The van der Waals surface area contributed by atoms with E-state index in [-0.39, 0.29) is 0 Å². The zero-order valence-corrected chi connectivity index (χ0v) is 12.5. The highest BCUT2D eigenvalue weighted by Gasteiger charge is 2.22. The van der Waals surface area contributed by atoms with Gasteiger partial charge in [0.05, 0.1) is 11.6 Å². The van der Waals surface area contributed by atoms with Crippen molar-refractivity contribution in [1.29, 1.82) is 0 Å². The van der Waals surface area contributed by atoms with Crippen molar-refractivity contribution in [3.05, 3.63) is 29.3 Å². The van der Waals surface area contributed by atoms with Gasteiger partial charge in [-0.05, 0) is 65.7 Å². The molecular formula is C14H16N4O2S. The van der Waals surface area contributed by atoms with E-state index in [1.165, 1.54) is 24.6 Å². The highest BCUT2D eigenvalue weighted by molar-refractivity contribution is 7.99. The number of aromatic nitrogens is 4. The predicted molar refractivity (Wildman–Crippen MR) is 77.6 cm³/mol. The van der Waals surface area contributed by atoms with Crippen LogP contribution in [0.2, 0.25) is 0 Å². The van der Waals surface area contributed by atoms with Gasteiger partial charge in [-0.3, -0.25) is 0 Å².